The van der Waals surface area contributed by atoms with Gasteiger partial charge in [0, 0.05) is 0 Å². The molecule has 3 aromatic carbocycles. The second kappa shape index (κ2) is 32.6. The minimum absolute atomic E-state index is 0.0879. The molecular formula is C66H114O6P2. The number of hydrogen-bond acceptors (Lipinski definition) is 6. The van der Waals surface area contributed by atoms with Crippen LogP contribution in [-0.2, 0) is 29.8 Å². The maximum Gasteiger partial charge on any atom is 0.463 e. The summed E-state index contributed by atoms with van der Waals surface area (Å²) in [5.41, 5.74) is 5.10. The maximum absolute atomic E-state index is 6.37. The Bertz CT molecular complexity index is 1810. The van der Waals surface area contributed by atoms with Gasteiger partial charge in [-0.15, -0.1) is 0 Å². The standard InChI is InChI=1S/C36H59O3P.C30H55O3P/c1-13-15-16-28(14-2)25-37-40(38-31-21-17-29(18-22-31)35(9,10)26-33(3,4)5)39-32-23-19-30(20-24-32)36(11,12)27-34(6,7)8;1-10-14-16-25(12-3)22-31-34(32-23-26(13-4)17-15-11-2)33-28-20-18-27(19-21-28)30(8,9)24-29(5,6)7/h17-24,28H,13-16,25-27H2,1-12H3;18-21,25-26H,10-17,22-24H2,1-9H3. The molecule has 0 saturated heterocycles. The highest BCUT2D eigenvalue weighted by Gasteiger charge is 2.31. The molecule has 3 unspecified atom stereocenters. The van der Waals surface area contributed by atoms with Gasteiger partial charge in [-0.05, 0) is 142 Å². The van der Waals surface area contributed by atoms with Crippen molar-refractivity contribution < 1.29 is 27.1 Å². The first-order valence-corrected chi connectivity index (χ1v) is 31.5. The van der Waals surface area contributed by atoms with Gasteiger partial charge in [0.2, 0.25) is 0 Å². The molecule has 0 aliphatic heterocycles. The minimum atomic E-state index is -1.59. The molecule has 424 valence electrons. The van der Waals surface area contributed by atoms with Crippen LogP contribution in [0.3, 0.4) is 0 Å². The van der Waals surface area contributed by atoms with Crippen molar-refractivity contribution in [1.82, 2.24) is 0 Å². The molecule has 3 aromatic rings. The molecule has 3 rings (SSSR count). The Kier molecular flexibility index (Phi) is 30.0. The lowest BCUT2D eigenvalue weighted by Crippen LogP contribution is -2.24. The Morgan fingerprint density at radius 2 is 0.568 bits per heavy atom. The third-order valence-corrected chi connectivity index (χ3v) is 16.4. The van der Waals surface area contributed by atoms with Crippen molar-refractivity contribution in [2.24, 2.45) is 34.0 Å². The Hall–Kier alpha value is -2.20. The Balaban J connectivity index is 0.000000514. The van der Waals surface area contributed by atoms with Crippen LogP contribution in [0.5, 0.6) is 17.2 Å². The average molecular weight is 1070 g/mol. The zero-order valence-corrected chi connectivity index (χ0v) is 53.5. The second-order valence-electron chi connectivity index (χ2n) is 27.3. The Morgan fingerprint density at radius 3 is 0.784 bits per heavy atom. The highest BCUT2D eigenvalue weighted by atomic mass is 31.2. The highest BCUT2D eigenvalue weighted by Crippen LogP contribution is 2.46. The van der Waals surface area contributed by atoms with E-state index in [4.69, 9.17) is 27.1 Å². The van der Waals surface area contributed by atoms with Crippen molar-refractivity contribution in [1.29, 1.82) is 0 Å². The predicted octanol–water partition coefficient (Wildman–Crippen LogP) is 22.5. The lowest BCUT2D eigenvalue weighted by atomic mass is 9.72. The second-order valence-corrected chi connectivity index (χ2v) is 29.5. The van der Waals surface area contributed by atoms with Gasteiger partial charge in [-0.2, -0.15) is 0 Å². The molecule has 3 atom stereocenters. The lowest BCUT2D eigenvalue weighted by Gasteiger charge is -2.33. The van der Waals surface area contributed by atoms with Gasteiger partial charge in [-0.1, -0.05) is 240 Å². The summed E-state index contributed by atoms with van der Waals surface area (Å²) in [6.07, 6.45) is 17.7. The first-order chi connectivity index (χ1) is 34.5. The van der Waals surface area contributed by atoms with E-state index in [2.05, 4.69) is 218 Å². The largest absolute Gasteiger partial charge is 0.463 e. The summed E-state index contributed by atoms with van der Waals surface area (Å²) in [6.45, 7) is 50.2. The van der Waals surface area contributed by atoms with Gasteiger partial charge in [-0.25, -0.2) is 0 Å². The molecule has 8 heteroatoms. The molecule has 0 fully saturated rings. The van der Waals surface area contributed by atoms with Gasteiger partial charge < -0.3 is 22.6 Å². The zero-order valence-electron chi connectivity index (χ0n) is 51.7. The molecule has 0 bridgehead atoms. The van der Waals surface area contributed by atoms with Gasteiger partial charge >= 0.3 is 17.2 Å². The number of rotatable bonds is 33. The van der Waals surface area contributed by atoms with Crippen LogP contribution in [0.2, 0.25) is 0 Å². The van der Waals surface area contributed by atoms with Crippen molar-refractivity contribution in [2.45, 2.75) is 258 Å². The predicted molar refractivity (Wildman–Crippen MR) is 324 cm³/mol. The van der Waals surface area contributed by atoms with Crippen LogP contribution < -0.4 is 13.6 Å². The first-order valence-electron chi connectivity index (χ1n) is 29.3. The van der Waals surface area contributed by atoms with Crippen molar-refractivity contribution in [3.8, 4) is 17.2 Å². The summed E-state index contributed by atoms with van der Waals surface area (Å²) in [5.74, 6) is 4.06. The number of hydrogen-bond donors (Lipinski definition) is 0. The summed E-state index contributed by atoms with van der Waals surface area (Å²) in [4.78, 5) is 0. The molecule has 0 saturated carbocycles. The first kappa shape index (κ1) is 67.9. The third kappa shape index (κ3) is 27.9. The fraction of sp³-hybridized carbons (Fsp3) is 0.727. The quantitative estimate of drug-likeness (QED) is 0.0567. The average Bonchev–Trinajstić information content (AvgIpc) is 3.30. The van der Waals surface area contributed by atoms with Gasteiger partial charge in [0.05, 0.1) is 19.8 Å². The van der Waals surface area contributed by atoms with Gasteiger partial charge in [0.25, 0.3) is 0 Å². The Labute approximate surface area is 460 Å². The van der Waals surface area contributed by atoms with Crippen LogP contribution in [0.1, 0.15) is 258 Å². The SMILES string of the molecule is CCCCC(CC)COP(OCC(CC)CCCC)Oc1ccc(C(C)(C)CC(C)(C)C)cc1.CCCCC(CC)COP(Oc1ccc(C(C)(C)CC(C)(C)C)cc1)Oc1ccc(C(C)(C)CC(C)(C)C)cc1. The molecule has 0 heterocycles. The minimum Gasteiger partial charge on any atom is -0.427 e. The molecule has 0 aliphatic carbocycles. The third-order valence-electron chi connectivity index (χ3n) is 14.2. The van der Waals surface area contributed by atoms with Crippen LogP contribution in [0.4, 0.5) is 0 Å². The monoisotopic (exact) mass is 1060 g/mol. The molecule has 0 spiro atoms. The number of unbranched alkanes of at least 4 members (excludes halogenated alkanes) is 3. The van der Waals surface area contributed by atoms with Crippen LogP contribution in [0.15, 0.2) is 72.8 Å². The molecule has 0 N–H and O–H groups in total. The highest BCUT2D eigenvalue weighted by molar-refractivity contribution is 7.42. The molecular weight excluding hydrogens is 951 g/mol. The smallest absolute Gasteiger partial charge is 0.427 e. The summed E-state index contributed by atoms with van der Waals surface area (Å²) in [6, 6.07) is 25.6. The molecule has 0 aliphatic rings. The van der Waals surface area contributed by atoms with E-state index in [1.165, 1.54) is 74.5 Å². The molecule has 6 nitrogen and oxygen atoms in total. The van der Waals surface area contributed by atoms with E-state index < -0.39 is 17.2 Å². The Morgan fingerprint density at radius 1 is 0.338 bits per heavy atom. The zero-order chi connectivity index (χ0) is 55.8. The molecule has 74 heavy (non-hydrogen) atoms. The van der Waals surface area contributed by atoms with Crippen molar-refractivity contribution in [3.63, 3.8) is 0 Å². The van der Waals surface area contributed by atoms with Crippen LogP contribution >= 0.6 is 17.2 Å². The van der Waals surface area contributed by atoms with Crippen LogP contribution in [0, 0.1) is 34.0 Å². The van der Waals surface area contributed by atoms with Gasteiger partial charge in [-0.3, -0.25) is 4.52 Å². The molecule has 0 aromatic heterocycles. The van der Waals surface area contributed by atoms with Crippen molar-refractivity contribution in [3.05, 3.63) is 89.5 Å². The molecule has 0 radical (unpaired) electrons. The summed E-state index contributed by atoms with van der Waals surface area (Å²) < 4.78 is 37.9. The lowest BCUT2D eigenvalue weighted by molar-refractivity contribution is 0.152. The fourth-order valence-electron chi connectivity index (χ4n) is 10.8. The summed E-state index contributed by atoms with van der Waals surface area (Å²) in [7, 11) is -2.99. The van der Waals surface area contributed by atoms with Crippen LogP contribution in [-0.4, -0.2) is 19.8 Å². The normalized spacial score (nSPS) is 14.5. The maximum atomic E-state index is 6.37. The van der Waals surface area contributed by atoms with E-state index >= 15 is 0 Å². The summed E-state index contributed by atoms with van der Waals surface area (Å²) in [5, 5.41) is 0. The van der Waals surface area contributed by atoms with Crippen LogP contribution in [0.25, 0.3) is 0 Å². The van der Waals surface area contributed by atoms with Crippen molar-refractivity contribution in [2.75, 3.05) is 19.8 Å². The van der Waals surface area contributed by atoms with E-state index in [1.54, 1.807) is 0 Å². The van der Waals surface area contributed by atoms with E-state index in [0.29, 0.717) is 37.6 Å². The van der Waals surface area contributed by atoms with E-state index in [1.807, 2.05) is 0 Å². The van der Waals surface area contributed by atoms with Crippen molar-refractivity contribution >= 4 is 17.2 Å². The van der Waals surface area contributed by atoms with Gasteiger partial charge in [0.1, 0.15) is 17.2 Å². The number of benzene rings is 3. The van der Waals surface area contributed by atoms with E-state index in [9.17, 15) is 0 Å². The molecule has 0 amide bonds. The van der Waals surface area contributed by atoms with E-state index in [-0.39, 0.29) is 32.5 Å². The fourth-order valence-corrected chi connectivity index (χ4v) is 13.0. The van der Waals surface area contributed by atoms with Gasteiger partial charge in [0.15, 0.2) is 0 Å². The topological polar surface area (TPSA) is 55.4 Å². The van der Waals surface area contributed by atoms with E-state index in [0.717, 1.165) is 55.8 Å². The summed E-state index contributed by atoms with van der Waals surface area (Å²) >= 11 is 0.